The van der Waals surface area contributed by atoms with Crippen molar-refractivity contribution in [1.82, 2.24) is 0 Å². The van der Waals surface area contributed by atoms with Gasteiger partial charge in [0.05, 0.1) is 11.4 Å². The highest BCUT2D eigenvalue weighted by atomic mass is 32.1. The molecule has 4 aliphatic carbocycles. The molecule has 0 atom stereocenters. The van der Waals surface area contributed by atoms with Crippen LogP contribution in [-0.2, 0) is 27.1 Å². The monoisotopic (exact) mass is 967 g/mol. The molecule has 2 aliphatic heterocycles. The average molecular weight is 967 g/mol. The molecular formula is C68H79BN2S. The van der Waals surface area contributed by atoms with E-state index in [4.69, 9.17) is 0 Å². The zero-order valence-electron chi connectivity index (χ0n) is 46.3. The highest BCUT2D eigenvalue weighted by Crippen LogP contribution is 2.61. The van der Waals surface area contributed by atoms with Crippen molar-refractivity contribution in [2.45, 2.75) is 175 Å². The molecule has 1 aromatic heterocycles. The third-order valence-corrected chi connectivity index (χ3v) is 19.4. The van der Waals surface area contributed by atoms with Crippen molar-refractivity contribution >= 4 is 78.0 Å². The van der Waals surface area contributed by atoms with E-state index in [1.54, 1.807) is 5.56 Å². The van der Waals surface area contributed by atoms with Crippen molar-refractivity contribution in [1.29, 1.82) is 0 Å². The first-order valence-corrected chi connectivity index (χ1v) is 28.5. The first-order chi connectivity index (χ1) is 33.8. The molecule has 370 valence electrons. The van der Waals surface area contributed by atoms with Gasteiger partial charge in [-0.05, 0) is 206 Å². The molecule has 4 bridgehead atoms. The van der Waals surface area contributed by atoms with E-state index >= 15 is 0 Å². The van der Waals surface area contributed by atoms with E-state index in [0.717, 1.165) is 17.8 Å². The fourth-order valence-electron chi connectivity index (χ4n) is 14.5. The summed E-state index contributed by atoms with van der Waals surface area (Å²) in [5.41, 5.74) is 23.3. The number of anilines is 6. The lowest BCUT2D eigenvalue weighted by Crippen LogP contribution is -2.61. The van der Waals surface area contributed by atoms with Crippen molar-refractivity contribution in [2.24, 2.45) is 17.8 Å². The van der Waals surface area contributed by atoms with Gasteiger partial charge in [-0.15, -0.1) is 11.3 Å². The van der Waals surface area contributed by atoms with E-state index in [2.05, 4.69) is 223 Å². The Balaban J connectivity index is 1.18. The van der Waals surface area contributed by atoms with Gasteiger partial charge in [-0.25, -0.2) is 0 Å². The topological polar surface area (TPSA) is 6.48 Å². The largest absolute Gasteiger partial charge is 0.311 e. The minimum atomic E-state index is -0.0298. The van der Waals surface area contributed by atoms with Crippen molar-refractivity contribution < 1.29 is 0 Å². The maximum Gasteiger partial charge on any atom is 0.264 e. The molecule has 13 rings (SSSR count). The summed E-state index contributed by atoms with van der Waals surface area (Å²) in [4.78, 5) is 5.42. The van der Waals surface area contributed by atoms with E-state index in [0.29, 0.717) is 5.92 Å². The number of fused-ring (bicyclic) bond motifs is 6. The first kappa shape index (κ1) is 47.9. The molecule has 3 heterocycles. The molecule has 4 saturated carbocycles. The number of hydrogen-bond acceptors (Lipinski definition) is 3. The Kier molecular flexibility index (Phi) is 10.8. The fourth-order valence-corrected chi connectivity index (χ4v) is 15.8. The van der Waals surface area contributed by atoms with E-state index < -0.39 is 0 Å². The predicted molar refractivity (Wildman–Crippen MR) is 315 cm³/mol. The van der Waals surface area contributed by atoms with Gasteiger partial charge in [0.25, 0.3) is 6.71 Å². The Morgan fingerprint density at radius 3 is 1.65 bits per heavy atom. The molecule has 0 N–H and O–H groups in total. The molecule has 0 saturated heterocycles. The van der Waals surface area contributed by atoms with Crippen LogP contribution in [0.15, 0.2) is 109 Å². The van der Waals surface area contributed by atoms with E-state index in [1.807, 2.05) is 11.3 Å². The van der Waals surface area contributed by atoms with Crippen LogP contribution in [0.3, 0.4) is 0 Å². The van der Waals surface area contributed by atoms with Crippen molar-refractivity contribution in [3.8, 4) is 11.1 Å². The molecule has 0 radical (unpaired) electrons. The van der Waals surface area contributed by atoms with Gasteiger partial charge in [-0.3, -0.25) is 0 Å². The zero-order chi connectivity index (χ0) is 50.8. The van der Waals surface area contributed by atoms with Gasteiger partial charge < -0.3 is 9.80 Å². The van der Waals surface area contributed by atoms with E-state index in [-0.39, 0.29) is 33.8 Å². The molecule has 6 aliphatic rings. The Hall–Kier alpha value is -5.06. The van der Waals surface area contributed by atoms with Crippen LogP contribution in [-0.4, -0.2) is 6.71 Å². The summed E-state index contributed by atoms with van der Waals surface area (Å²) >= 11 is 2.05. The number of rotatable bonds is 5. The number of benzene rings is 6. The highest BCUT2D eigenvalue weighted by Gasteiger charge is 2.53. The third-order valence-electron chi connectivity index (χ3n) is 18.2. The summed E-state index contributed by atoms with van der Waals surface area (Å²) in [5.74, 6) is 3.09. The second-order valence-electron chi connectivity index (χ2n) is 28.1. The Labute approximate surface area is 437 Å². The second-order valence-corrected chi connectivity index (χ2v) is 29.2. The molecule has 6 aromatic carbocycles. The quantitative estimate of drug-likeness (QED) is 0.159. The summed E-state index contributed by atoms with van der Waals surface area (Å²) in [5, 5.41) is 1.37. The van der Waals surface area contributed by atoms with Crippen LogP contribution in [0.25, 0.3) is 21.2 Å². The lowest BCUT2D eigenvalue weighted by atomic mass is 9.35. The first-order valence-electron chi connectivity index (χ1n) is 27.7. The molecule has 7 aromatic rings. The van der Waals surface area contributed by atoms with Gasteiger partial charge >= 0.3 is 0 Å². The molecule has 0 amide bonds. The molecule has 4 heteroatoms. The van der Waals surface area contributed by atoms with Gasteiger partial charge in [0.1, 0.15) is 0 Å². The van der Waals surface area contributed by atoms with Crippen LogP contribution in [0.1, 0.15) is 180 Å². The van der Waals surface area contributed by atoms with Crippen LogP contribution < -0.4 is 25.5 Å². The lowest BCUT2D eigenvalue weighted by Gasteiger charge is -2.57. The van der Waals surface area contributed by atoms with Crippen LogP contribution >= 0.6 is 11.3 Å². The van der Waals surface area contributed by atoms with Crippen molar-refractivity contribution in [3.05, 3.63) is 148 Å². The zero-order valence-corrected chi connectivity index (χ0v) is 47.1. The summed E-state index contributed by atoms with van der Waals surface area (Å²) in [6.45, 7) is 35.5. The molecule has 0 unspecified atom stereocenters. The third kappa shape index (κ3) is 7.76. The normalized spacial score (nSPS) is 21.4. The Morgan fingerprint density at radius 2 is 1.08 bits per heavy atom. The lowest BCUT2D eigenvalue weighted by molar-refractivity contribution is -0.00515. The molecule has 4 fully saturated rings. The van der Waals surface area contributed by atoms with Crippen LogP contribution in [0.4, 0.5) is 34.1 Å². The average Bonchev–Trinajstić information content (AvgIpc) is 3.68. The molecular weight excluding hydrogens is 888 g/mol. The number of hydrogen-bond donors (Lipinski definition) is 0. The second kappa shape index (κ2) is 16.2. The smallest absolute Gasteiger partial charge is 0.264 e. The summed E-state index contributed by atoms with van der Waals surface area (Å²) in [7, 11) is 0. The Bertz CT molecular complexity index is 3250. The standard InChI is InChI=1S/C68H79BN2S/c1-40(2)45-16-21-52(22-17-45)70-58-26-41(3)27-59-61(58)69(63-62(70)54-35-48(65(7,8)9)20-25-60(54)72-63)55-36-49(68-37-42-28-43(38-68)30-44(29-42)39-68)19-24-57(55)71(59)56-23-18-47(64(4,5)6)34-53(56)46-31-50(66(10,11)12)33-51(32-46)67(13,14)15/h16-27,31-36,40,42-44H,28-30,37-39H2,1-15H3. The molecule has 72 heavy (non-hydrogen) atoms. The van der Waals surface area contributed by atoms with Gasteiger partial charge in [0.15, 0.2) is 0 Å². The van der Waals surface area contributed by atoms with Crippen molar-refractivity contribution in [2.75, 3.05) is 9.80 Å². The number of nitrogens with zero attached hydrogens (tertiary/aromatic N) is 2. The summed E-state index contributed by atoms with van der Waals surface area (Å²) in [6, 6.07) is 45.0. The van der Waals surface area contributed by atoms with Crippen LogP contribution in [0.5, 0.6) is 0 Å². The van der Waals surface area contributed by atoms with Gasteiger partial charge in [-0.2, -0.15) is 0 Å². The van der Waals surface area contributed by atoms with Gasteiger partial charge in [0, 0.05) is 43.2 Å². The maximum atomic E-state index is 2.79. The summed E-state index contributed by atoms with van der Waals surface area (Å²) in [6.07, 6.45) is 8.42. The summed E-state index contributed by atoms with van der Waals surface area (Å²) < 4.78 is 2.85. The fraction of sp³-hybridized carbons (Fsp3) is 0.441. The molecule has 2 nitrogen and oxygen atoms in total. The minimum Gasteiger partial charge on any atom is -0.311 e. The maximum absolute atomic E-state index is 2.79. The van der Waals surface area contributed by atoms with Crippen molar-refractivity contribution in [3.63, 3.8) is 0 Å². The van der Waals surface area contributed by atoms with Gasteiger partial charge in [-0.1, -0.05) is 152 Å². The van der Waals surface area contributed by atoms with Gasteiger partial charge in [0.2, 0.25) is 0 Å². The number of aryl methyl sites for hydroxylation is 1. The van der Waals surface area contributed by atoms with E-state index in [1.165, 1.54) is 143 Å². The minimum absolute atomic E-state index is 0.0154. The molecule has 0 spiro atoms. The SMILES string of the molecule is Cc1cc2c3c(c1)N(c1ccc(C(C)C)cc1)c1c(sc4ccc(C(C)(C)C)cc14)B3c1cc(C34CC5CC(CC(C5)C3)C4)ccc1N2c1ccc(C(C)(C)C)cc1-c1cc(C(C)(C)C)cc(C(C)(C)C)c1. The predicted octanol–water partition coefficient (Wildman–Crippen LogP) is 17.7. The number of thiophene rings is 1. The Morgan fingerprint density at radius 1 is 0.542 bits per heavy atom. The van der Waals surface area contributed by atoms with Crippen LogP contribution in [0.2, 0.25) is 0 Å². The highest BCUT2D eigenvalue weighted by molar-refractivity contribution is 7.33. The van der Waals surface area contributed by atoms with E-state index in [9.17, 15) is 0 Å². The van der Waals surface area contributed by atoms with Crippen LogP contribution in [0, 0.1) is 24.7 Å².